The summed E-state index contributed by atoms with van der Waals surface area (Å²) in [5, 5.41) is 6.61. The van der Waals surface area contributed by atoms with E-state index >= 15 is 0 Å². The third kappa shape index (κ3) is 3.16. The summed E-state index contributed by atoms with van der Waals surface area (Å²) in [7, 11) is 0. The Morgan fingerprint density at radius 3 is 2.00 bits per heavy atom. The molecule has 0 aliphatic carbocycles. The number of aryl methyl sites for hydroxylation is 1. The van der Waals surface area contributed by atoms with Crippen molar-refractivity contribution in [3.8, 4) is 11.3 Å². The van der Waals surface area contributed by atoms with Gasteiger partial charge in [0.25, 0.3) is 0 Å². The molecule has 0 unspecified atom stereocenters. The summed E-state index contributed by atoms with van der Waals surface area (Å²) in [6.07, 6.45) is 2.99. The van der Waals surface area contributed by atoms with Gasteiger partial charge in [0.15, 0.2) is 0 Å². The van der Waals surface area contributed by atoms with Crippen LogP contribution in [0.15, 0.2) is 87.8 Å². The summed E-state index contributed by atoms with van der Waals surface area (Å²) in [5.41, 5.74) is 8.32. The Bertz CT molecular complexity index is 1960. The Kier molecular flexibility index (Phi) is 4.38. The van der Waals surface area contributed by atoms with Crippen LogP contribution in [0.25, 0.3) is 65.9 Å². The maximum atomic E-state index is 6.66. The van der Waals surface area contributed by atoms with Crippen molar-refractivity contribution in [1.82, 2.24) is 4.98 Å². The monoisotopic (exact) mass is 469 g/mol. The molecular weight excluding hydrogens is 442 g/mol. The molecule has 176 valence electrons. The number of aromatic nitrogens is 1. The van der Waals surface area contributed by atoms with Crippen molar-refractivity contribution in [1.29, 1.82) is 0 Å². The van der Waals surface area contributed by atoms with Crippen LogP contribution in [0.3, 0.4) is 0 Å². The lowest BCUT2D eigenvalue weighted by Crippen LogP contribution is -2.10. The van der Waals surface area contributed by atoms with Crippen molar-refractivity contribution in [3.05, 3.63) is 90.1 Å². The van der Waals surface area contributed by atoms with Gasteiger partial charge in [-0.2, -0.15) is 0 Å². The molecule has 0 bridgehead atoms. The number of furan rings is 2. The fourth-order valence-corrected chi connectivity index (χ4v) is 5.52. The smallest absolute Gasteiger partial charge is 0.144 e. The summed E-state index contributed by atoms with van der Waals surface area (Å²) in [6.45, 7) is 8.97. The molecule has 0 saturated heterocycles. The first-order chi connectivity index (χ1) is 17.4. The fourth-order valence-electron chi connectivity index (χ4n) is 5.52. The highest BCUT2D eigenvalue weighted by Gasteiger charge is 2.19. The van der Waals surface area contributed by atoms with Crippen LogP contribution in [0.1, 0.15) is 31.9 Å². The molecule has 0 aliphatic rings. The van der Waals surface area contributed by atoms with E-state index < -0.39 is 0 Å². The molecule has 7 aromatic rings. The molecule has 0 fully saturated rings. The molecule has 3 aromatic heterocycles. The normalized spacial score (nSPS) is 12.6. The maximum Gasteiger partial charge on any atom is 0.144 e. The second-order valence-corrected chi connectivity index (χ2v) is 11.1. The number of nitrogens with zero attached hydrogens (tertiary/aromatic N) is 1. The minimum Gasteiger partial charge on any atom is -0.455 e. The van der Waals surface area contributed by atoms with E-state index in [1.54, 1.807) is 0 Å². The molecule has 0 saturated carbocycles. The number of benzene rings is 4. The first kappa shape index (κ1) is 21.2. The SMILES string of the molecule is Cc1cnc(-c2cccc3c2oc2c3ccc3c2ccc2c4ccccc4oc23)cc1CC(C)(C)C. The van der Waals surface area contributed by atoms with Crippen LogP contribution in [-0.4, -0.2) is 4.98 Å². The van der Waals surface area contributed by atoms with Crippen molar-refractivity contribution in [2.75, 3.05) is 0 Å². The zero-order valence-corrected chi connectivity index (χ0v) is 21.0. The molecule has 7 rings (SSSR count). The summed E-state index contributed by atoms with van der Waals surface area (Å²) in [5.74, 6) is 0. The molecule has 3 nitrogen and oxygen atoms in total. The topological polar surface area (TPSA) is 39.2 Å². The van der Waals surface area contributed by atoms with Gasteiger partial charge in [-0.25, -0.2) is 0 Å². The minimum absolute atomic E-state index is 0.204. The number of fused-ring (bicyclic) bond motifs is 9. The molecule has 4 aromatic carbocycles. The van der Waals surface area contributed by atoms with Crippen molar-refractivity contribution in [2.45, 2.75) is 34.1 Å². The lowest BCUT2D eigenvalue weighted by molar-refractivity contribution is 0.410. The van der Waals surface area contributed by atoms with Crippen molar-refractivity contribution in [3.63, 3.8) is 0 Å². The number of pyridine rings is 1. The van der Waals surface area contributed by atoms with Gasteiger partial charge < -0.3 is 8.83 Å². The van der Waals surface area contributed by atoms with Crippen LogP contribution in [0.2, 0.25) is 0 Å². The largest absolute Gasteiger partial charge is 0.455 e. The third-order valence-electron chi connectivity index (χ3n) is 7.21. The second-order valence-electron chi connectivity index (χ2n) is 11.1. The lowest BCUT2D eigenvalue weighted by Gasteiger charge is -2.20. The Hall–Kier alpha value is -4.11. The van der Waals surface area contributed by atoms with Crippen LogP contribution in [-0.2, 0) is 6.42 Å². The molecule has 3 heterocycles. The van der Waals surface area contributed by atoms with Gasteiger partial charge in [-0.3, -0.25) is 4.98 Å². The lowest BCUT2D eigenvalue weighted by atomic mass is 9.86. The molecule has 0 aliphatic heterocycles. The van der Waals surface area contributed by atoms with Gasteiger partial charge in [0.1, 0.15) is 22.3 Å². The van der Waals surface area contributed by atoms with Crippen LogP contribution in [0, 0.1) is 12.3 Å². The highest BCUT2D eigenvalue weighted by Crippen LogP contribution is 2.41. The van der Waals surface area contributed by atoms with Crippen LogP contribution < -0.4 is 0 Å². The maximum absolute atomic E-state index is 6.66. The van der Waals surface area contributed by atoms with Crippen LogP contribution >= 0.6 is 0 Å². The van der Waals surface area contributed by atoms with Crippen LogP contribution in [0.4, 0.5) is 0 Å². The molecule has 0 N–H and O–H groups in total. The molecule has 0 atom stereocenters. The van der Waals surface area contributed by atoms with E-state index in [0.29, 0.717) is 0 Å². The highest BCUT2D eigenvalue weighted by molar-refractivity contribution is 6.23. The van der Waals surface area contributed by atoms with Gasteiger partial charge >= 0.3 is 0 Å². The fraction of sp³-hybridized carbons (Fsp3) is 0.182. The summed E-state index contributed by atoms with van der Waals surface area (Å²) in [6, 6.07) is 25.4. The van der Waals surface area contributed by atoms with Crippen molar-refractivity contribution < 1.29 is 8.83 Å². The van der Waals surface area contributed by atoms with Crippen molar-refractivity contribution in [2.24, 2.45) is 5.41 Å². The summed E-state index contributed by atoms with van der Waals surface area (Å²) in [4.78, 5) is 4.81. The summed E-state index contributed by atoms with van der Waals surface area (Å²) >= 11 is 0. The molecule has 3 heteroatoms. The number of hydrogen-bond donors (Lipinski definition) is 0. The number of rotatable bonds is 2. The standard InChI is InChI=1S/C33H27NO2/c1-19-18-34-28(16-20(19)17-33(2,3)4)27-10-7-9-22-24-14-15-25-26(31(24)36-32(22)27)13-12-23-21-8-5-6-11-29(21)35-30(23)25/h5-16,18H,17H2,1-4H3. The zero-order valence-electron chi connectivity index (χ0n) is 21.0. The van der Waals surface area contributed by atoms with E-state index in [2.05, 4.69) is 88.4 Å². The van der Waals surface area contributed by atoms with Gasteiger partial charge in [0.05, 0.1) is 5.69 Å². The Balaban J connectivity index is 1.48. The quantitative estimate of drug-likeness (QED) is 0.253. The van der Waals surface area contributed by atoms with Gasteiger partial charge in [0, 0.05) is 44.1 Å². The van der Waals surface area contributed by atoms with Gasteiger partial charge in [-0.1, -0.05) is 51.1 Å². The second kappa shape index (κ2) is 7.44. The minimum atomic E-state index is 0.204. The van der Waals surface area contributed by atoms with Gasteiger partial charge in [-0.15, -0.1) is 0 Å². The van der Waals surface area contributed by atoms with E-state index in [1.807, 2.05) is 18.3 Å². The van der Waals surface area contributed by atoms with Crippen molar-refractivity contribution >= 4 is 54.6 Å². The summed E-state index contributed by atoms with van der Waals surface area (Å²) < 4.78 is 13.0. The van der Waals surface area contributed by atoms with E-state index in [-0.39, 0.29) is 5.41 Å². The first-order valence-corrected chi connectivity index (χ1v) is 12.5. The van der Waals surface area contributed by atoms with Gasteiger partial charge in [-0.05, 0) is 72.4 Å². The van der Waals surface area contributed by atoms with E-state index in [9.17, 15) is 0 Å². The third-order valence-corrected chi connectivity index (χ3v) is 7.21. The Morgan fingerprint density at radius 2 is 1.28 bits per heavy atom. The Morgan fingerprint density at radius 1 is 0.667 bits per heavy atom. The van der Waals surface area contributed by atoms with E-state index in [4.69, 9.17) is 13.8 Å². The number of hydrogen-bond acceptors (Lipinski definition) is 3. The number of para-hydroxylation sites is 2. The molecule has 36 heavy (non-hydrogen) atoms. The van der Waals surface area contributed by atoms with E-state index in [1.165, 1.54) is 11.1 Å². The average Bonchev–Trinajstić information content (AvgIpc) is 3.43. The highest BCUT2D eigenvalue weighted by atomic mass is 16.3. The van der Waals surface area contributed by atoms with Gasteiger partial charge in [0.2, 0.25) is 0 Å². The Labute approximate surface area is 209 Å². The molecule has 0 amide bonds. The zero-order chi connectivity index (χ0) is 24.6. The molecule has 0 spiro atoms. The van der Waals surface area contributed by atoms with E-state index in [0.717, 1.165) is 72.3 Å². The molecule has 0 radical (unpaired) electrons. The van der Waals surface area contributed by atoms with Crippen LogP contribution in [0.5, 0.6) is 0 Å². The average molecular weight is 470 g/mol. The first-order valence-electron chi connectivity index (χ1n) is 12.5. The predicted octanol–water partition coefficient (Wildman–Crippen LogP) is 9.60. The molecular formula is C33H27NO2. The predicted molar refractivity (Wildman–Crippen MR) is 150 cm³/mol.